The van der Waals surface area contributed by atoms with Crippen molar-refractivity contribution < 1.29 is 27.5 Å². The number of carbonyl (C=O) groups is 1. The van der Waals surface area contributed by atoms with Gasteiger partial charge in [0.05, 0.1) is 0 Å². The molecule has 2 aliphatic rings. The van der Waals surface area contributed by atoms with E-state index >= 15 is 4.39 Å². The van der Waals surface area contributed by atoms with E-state index in [4.69, 9.17) is 5.73 Å². The van der Waals surface area contributed by atoms with E-state index < -0.39 is 47.7 Å². The van der Waals surface area contributed by atoms with Gasteiger partial charge < -0.3 is 0 Å². The Hall–Kier alpha value is -2.40. The first kappa shape index (κ1) is 26.7. The summed E-state index contributed by atoms with van der Waals surface area (Å²) in [6.07, 6.45) is 1.36. The molecule has 1 saturated carbocycles. The van der Waals surface area contributed by atoms with Crippen LogP contribution in [0, 0.1) is 5.82 Å². The van der Waals surface area contributed by atoms with Crippen LogP contribution in [0.15, 0.2) is 18.7 Å². The Kier molecular flexibility index (Phi) is 8.39. The van der Waals surface area contributed by atoms with Gasteiger partial charge in [0, 0.05) is 0 Å². The summed E-state index contributed by atoms with van der Waals surface area (Å²) in [4.78, 5) is 29.6. The van der Waals surface area contributed by atoms with E-state index in [2.05, 4.69) is 25.3 Å². The monoisotopic (exact) mass is 626 g/mol. The van der Waals surface area contributed by atoms with Gasteiger partial charge in [-0.05, 0) is 0 Å². The summed E-state index contributed by atoms with van der Waals surface area (Å²) in [6, 6.07) is -0.0171. The second-order valence-electron chi connectivity index (χ2n) is 8.62. The summed E-state index contributed by atoms with van der Waals surface area (Å²) in [6.45, 7) is 1.20. The van der Waals surface area contributed by atoms with Gasteiger partial charge >= 0.3 is 199 Å². The first-order chi connectivity index (χ1) is 17.1. The van der Waals surface area contributed by atoms with E-state index in [1.807, 2.05) is 4.90 Å². The molecule has 3 heterocycles. The molecule has 1 aliphatic heterocycles. The van der Waals surface area contributed by atoms with Gasteiger partial charge in [0.2, 0.25) is 0 Å². The van der Waals surface area contributed by atoms with Crippen molar-refractivity contribution in [1.29, 1.82) is 0 Å². The third kappa shape index (κ3) is 6.47. The van der Waals surface area contributed by atoms with Crippen molar-refractivity contribution in [3.05, 3.63) is 35.9 Å². The zero-order valence-corrected chi connectivity index (χ0v) is 21.4. The van der Waals surface area contributed by atoms with Gasteiger partial charge in [-0.25, -0.2) is 0 Å². The number of aliphatic hydroxyl groups excluding tert-OH is 1. The summed E-state index contributed by atoms with van der Waals surface area (Å²) in [5.74, 6) is -2.27. The van der Waals surface area contributed by atoms with Crippen molar-refractivity contribution in [3.8, 4) is 0 Å². The van der Waals surface area contributed by atoms with Crippen molar-refractivity contribution in [1.82, 2.24) is 24.8 Å². The van der Waals surface area contributed by atoms with Gasteiger partial charge in [0.1, 0.15) is 0 Å². The van der Waals surface area contributed by atoms with Crippen LogP contribution in [-0.2, 0) is 17.5 Å². The van der Waals surface area contributed by atoms with E-state index in [0.29, 0.717) is 23.2 Å². The predicted molar refractivity (Wildman–Crippen MR) is 132 cm³/mol. The predicted octanol–water partition coefficient (Wildman–Crippen LogP) is 1.98. The molecule has 0 unspecified atom stereocenters. The zero-order chi connectivity index (χ0) is 25.9. The minimum atomic E-state index is -4.64. The van der Waals surface area contributed by atoms with Gasteiger partial charge in [0.15, 0.2) is 0 Å². The number of primary amides is 1. The average Bonchev–Trinajstić information content (AvgIpc) is 2.77. The molecule has 36 heavy (non-hydrogen) atoms. The summed E-state index contributed by atoms with van der Waals surface area (Å²) in [5.41, 5.74) is 5.63. The van der Waals surface area contributed by atoms with Gasteiger partial charge in [-0.1, -0.05) is 0 Å². The molecule has 1 amide bonds. The van der Waals surface area contributed by atoms with Crippen molar-refractivity contribution in [2.24, 2.45) is 5.73 Å². The molecule has 1 aliphatic carbocycles. The van der Waals surface area contributed by atoms with Crippen LogP contribution in [0.3, 0.4) is 0 Å². The fraction of sp³-hybridized carbons (Fsp3) is 0.571. The molecule has 0 bridgehead atoms. The first-order valence-corrected chi connectivity index (χ1v) is 15.6. The third-order valence-electron chi connectivity index (χ3n) is 6.06. The Morgan fingerprint density at radius 1 is 1.25 bits per heavy atom. The second-order valence-corrected chi connectivity index (χ2v) is 14.7. The number of amides is 1. The maximum atomic E-state index is 15.5. The van der Waals surface area contributed by atoms with Crippen LogP contribution in [0.5, 0.6) is 0 Å². The number of carbonyl (C=O) groups excluding carboxylic acids is 1. The quantitative estimate of drug-likeness (QED) is 0.166. The fourth-order valence-corrected chi connectivity index (χ4v) is 8.84. The second kappa shape index (κ2) is 11.3. The number of alkyl halides is 6. The van der Waals surface area contributed by atoms with Gasteiger partial charge in [0.25, 0.3) is 0 Å². The molecule has 2 aromatic rings. The molecule has 10 nitrogen and oxygen atoms in total. The van der Waals surface area contributed by atoms with Crippen molar-refractivity contribution in [3.63, 3.8) is 0 Å². The molecule has 4 N–H and O–H groups in total. The molecule has 0 aromatic carbocycles. The molecule has 0 spiro atoms. The van der Waals surface area contributed by atoms with E-state index in [9.17, 15) is 23.1 Å². The summed E-state index contributed by atoms with van der Waals surface area (Å²) < 4.78 is 54.5. The van der Waals surface area contributed by atoms with E-state index in [1.54, 1.807) is 4.90 Å². The van der Waals surface area contributed by atoms with Gasteiger partial charge in [-0.3, -0.25) is 0 Å². The molecule has 1 atom stereocenters. The molecule has 1 saturated heterocycles. The standard InChI is InChI=1S/C21H27F4IN8O2/c22-17-18(30-11-26-4-5-33(9-15(26)35)10-16(27)36)31-12-32-19(17)34(14-2-1-3-14)8-13-6-28-20(29-7-13)21(23,24)25/h6-7,12,14-15,35H,1-5,8-11H2,(H2,27,36)(H,30,31,32)/t15-/m0/s1. The summed E-state index contributed by atoms with van der Waals surface area (Å²) >= 11 is -1.92. The van der Waals surface area contributed by atoms with Crippen LogP contribution in [0.25, 0.3) is 0 Å². The number of β-amino-alcohol motifs (C(OH)–C–C–N with tert-alkyl or cyclic N) is 1. The van der Waals surface area contributed by atoms with Gasteiger partial charge in [-0.15, -0.1) is 0 Å². The number of halogens is 5. The van der Waals surface area contributed by atoms with Crippen molar-refractivity contribution in [2.45, 2.75) is 42.1 Å². The SMILES string of the molecule is NC(=O)CN1CCI(CNc2ncnc(N(Cc3cnc(C(F)(F)F)nc3)C3CCC3)c2F)[C@@H](O)C1. The van der Waals surface area contributed by atoms with E-state index in [0.717, 1.165) is 36.1 Å². The number of hydrogen-bond donors (Lipinski definition) is 3. The molecule has 198 valence electrons. The van der Waals surface area contributed by atoms with Crippen LogP contribution in [0.1, 0.15) is 30.7 Å². The molecular weight excluding hydrogens is 599 g/mol. The molecule has 4 rings (SSSR count). The van der Waals surface area contributed by atoms with Crippen LogP contribution >= 0.6 is 19.8 Å². The Labute approximate surface area is 212 Å². The number of nitrogens with two attached hydrogens (primary N) is 1. The minimum absolute atomic E-state index is 0.0112. The topological polar surface area (TPSA) is 133 Å². The normalized spacial score (nSPS) is 20.1. The van der Waals surface area contributed by atoms with Gasteiger partial charge in [-0.2, -0.15) is 13.2 Å². The summed E-state index contributed by atoms with van der Waals surface area (Å²) in [5, 5.41) is 13.5. The molecular formula is C21H27F4IN8O2. The van der Waals surface area contributed by atoms with Crippen molar-refractivity contribution in [2.75, 3.05) is 38.8 Å². The van der Waals surface area contributed by atoms with Crippen LogP contribution in [0.2, 0.25) is 0 Å². The Bertz CT molecular complexity index is 1060. The van der Waals surface area contributed by atoms with Crippen LogP contribution in [-0.4, -0.2) is 74.6 Å². The number of nitrogens with one attached hydrogen (secondary N) is 1. The zero-order valence-electron chi connectivity index (χ0n) is 19.3. The van der Waals surface area contributed by atoms with E-state index in [1.165, 1.54) is 6.33 Å². The first-order valence-electron chi connectivity index (χ1n) is 11.3. The number of aromatic nitrogens is 4. The maximum absolute atomic E-state index is 15.5. The average molecular weight is 626 g/mol. The third-order valence-corrected chi connectivity index (χ3v) is 11.7. The number of anilines is 2. The van der Waals surface area contributed by atoms with Crippen LogP contribution < -0.4 is 16.0 Å². The number of nitrogens with zero attached hydrogens (tertiary/aromatic N) is 6. The number of aliphatic hydroxyl groups is 1. The number of rotatable bonds is 9. The summed E-state index contributed by atoms with van der Waals surface area (Å²) in [7, 11) is 0. The molecule has 2 aromatic heterocycles. The van der Waals surface area contributed by atoms with Crippen LogP contribution in [0.4, 0.5) is 29.2 Å². The van der Waals surface area contributed by atoms with E-state index in [-0.39, 0.29) is 30.8 Å². The Morgan fingerprint density at radius 2 is 1.97 bits per heavy atom. The molecule has 2 fully saturated rings. The Balaban J connectivity index is 1.45. The fourth-order valence-electron chi connectivity index (χ4n) is 3.96. The van der Waals surface area contributed by atoms with Crippen molar-refractivity contribution >= 4 is 37.4 Å². The number of hydrogen-bond acceptors (Lipinski definition) is 9. The Morgan fingerprint density at radius 3 is 2.56 bits per heavy atom. The molecule has 15 heteroatoms. The molecule has 0 radical (unpaired) electrons.